The van der Waals surface area contributed by atoms with Crippen molar-refractivity contribution in [3.63, 3.8) is 0 Å². The summed E-state index contributed by atoms with van der Waals surface area (Å²) in [7, 11) is 0. The summed E-state index contributed by atoms with van der Waals surface area (Å²) < 4.78 is 0. The van der Waals surface area contributed by atoms with E-state index in [9.17, 15) is 20.4 Å². The monoisotopic (exact) mass is 244 g/mol. The minimum Gasteiger partial charge on any atom is -0.390 e. The van der Waals surface area contributed by atoms with Crippen LogP contribution in [0.3, 0.4) is 0 Å². The first-order chi connectivity index (χ1) is 7.59. The second kappa shape index (κ2) is 4.69. The van der Waals surface area contributed by atoms with Crippen LogP contribution in [0, 0.1) is 11.3 Å². The van der Waals surface area contributed by atoms with Gasteiger partial charge in [-0.2, -0.15) is 0 Å². The molecule has 100 valence electrons. The van der Waals surface area contributed by atoms with Crippen molar-refractivity contribution in [2.75, 3.05) is 0 Å². The van der Waals surface area contributed by atoms with E-state index in [0.29, 0.717) is 6.42 Å². The zero-order chi connectivity index (χ0) is 13.4. The van der Waals surface area contributed by atoms with Crippen molar-refractivity contribution in [1.82, 2.24) is 0 Å². The highest BCUT2D eigenvalue weighted by Gasteiger charge is 2.53. The number of aliphatic hydroxyl groups is 4. The maximum Gasteiger partial charge on any atom is 0.109 e. The minimum absolute atomic E-state index is 0.317. The number of rotatable bonds is 2. The predicted molar refractivity (Wildman–Crippen MR) is 65.3 cm³/mol. The predicted octanol–water partition coefficient (Wildman–Crippen LogP) is 0.442. The summed E-state index contributed by atoms with van der Waals surface area (Å²) in [6.45, 7) is 7.03. The molecule has 0 bridgehead atoms. The lowest BCUT2D eigenvalue weighted by Gasteiger charge is -2.51. The normalized spacial score (nSPS) is 43.9. The van der Waals surface area contributed by atoms with E-state index >= 15 is 0 Å². The lowest BCUT2D eigenvalue weighted by atomic mass is 9.59. The Morgan fingerprint density at radius 1 is 1.24 bits per heavy atom. The maximum atomic E-state index is 10.4. The molecule has 1 fully saturated rings. The third kappa shape index (κ3) is 2.88. The molecular formula is C13H24O4. The molecule has 5 atom stereocenters. The van der Waals surface area contributed by atoms with Crippen LogP contribution >= 0.6 is 0 Å². The van der Waals surface area contributed by atoms with Gasteiger partial charge in [0.15, 0.2) is 0 Å². The van der Waals surface area contributed by atoms with Gasteiger partial charge in [0.25, 0.3) is 0 Å². The molecule has 0 aliphatic heterocycles. The molecule has 4 N–H and O–H groups in total. The Labute approximate surface area is 103 Å². The van der Waals surface area contributed by atoms with Gasteiger partial charge in [0.05, 0.1) is 17.8 Å². The van der Waals surface area contributed by atoms with E-state index in [1.807, 2.05) is 13.8 Å². The molecule has 1 rings (SSSR count). The molecule has 0 amide bonds. The average Bonchev–Trinajstić information content (AvgIpc) is 2.12. The van der Waals surface area contributed by atoms with E-state index < -0.39 is 23.9 Å². The van der Waals surface area contributed by atoms with E-state index in [1.54, 1.807) is 19.1 Å². The van der Waals surface area contributed by atoms with Crippen LogP contribution in [0.1, 0.15) is 34.1 Å². The zero-order valence-electron chi connectivity index (χ0n) is 11.0. The van der Waals surface area contributed by atoms with Gasteiger partial charge in [-0.15, -0.1) is 0 Å². The van der Waals surface area contributed by atoms with Gasteiger partial charge in [0.1, 0.15) is 6.10 Å². The highest BCUT2D eigenvalue weighted by Crippen LogP contribution is 2.47. The fourth-order valence-corrected chi connectivity index (χ4v) is 2.87. The lowest BCUT2D eigenvalue weighted by molar-refractivity contribution is -0.193. The van der Waals surface area contributed by atoms with Gasteiger partial charge in [-0.3, -0.25) is 0 Å². The van der Waals surface area contributed by atoms with Crippen LogP contribution in [-0.4, -0.2) is 44.3 Å². The summed E-state index contributed by atoms with van der Waals surface area (Å²) in [5.41, 5.74) is -1.74. The summed E-state index contributed by atoms with van der Waals surface area (Å²) in [6, 6.07) is 0. The summed E-state index contributed by atoms with van der Waals surface area (Å²) in [5, 5.41) is 39.3. The highest BCUT2D eigenvalue weighted by molar-refractivity contribution is 5.12. The van der Waals surface area contributed by atoms with Gasteiger partial charge in [0, 0.05) is 5.92 Å². The van der Waals surface area contributed by atoms with Crippen LogP contribution in [0.5, 0.6) is 0 Å². The van der Waals surface area contributed by atoms with Crippen molar-refractivity contribution < 1.29 is 20.4 Å². The molecule has 0 spiro atoms. The van der Waals surface area contributed by atoms with Crippen LogP contribution in [0.2, 0.25) is 0 Å². The topological polar surface area (TPSA) is 80.9 Å². The van der Waals surface area contributed by atoms with E-state index in [2.05, 4.69) is 0 Å². The standard InChI is InChI=1S/C13H24O4/c1-8(14)5-6-10-12(2,3)7-9(15)11(16)13(10,4)17/h5-6,8-11,14-17H,7H2,1-4H3/b6-5+/t8-,9+,10+,11+,13+/m0/s1. The van der Waals surface area contributed by atoms with Crippen molar-refractivity contribution in [2.45, 2.75) is 58.0 Å². The number of hydrogen-bond acceptors (Lipinski definition) is 4. The Hall–Kier alpha value is -0.420. The Kier molecular flexibility index (Phi) is 4.04. The smallest absolute Gasteiger partial charge is 0.109 e. The molecule has 1 aliphatic rings. The van der Waals surface area contributed by atoms with Crippen molar-refractivity contribution in [2.24, 2.45) is 11.3 Å². The van der Waals surface area contributed by atoms with E-state index in [0.717, 1.165) is 0 Å². The first-order valence-corrected chi connectivity index (χ1v) is 6.04. The molecule has 0 aromatic heterocycles. The van der Waals surface area contributed by atoms with Crippen molar-refractivity contribution in [3.05, 3.63) is 12.2 Å². The Bertz CT molecular complexity index is 294. The molecular weight excluding hydrogens is 220 g/mol. The molecule has 4 nitrogen and oxygen atoms in total. The van der Waals surface area contributed by atoms with Gasteiger partial charge < -0.3 is 20.4 Å². The van der Waals surface area contributed by atoms with Gasteiger partial charge in [0.2, 0.25) is 0 Å². The fraction of sp³-hybridized carbons (Fsp3) is 0.846. The Morgan fingerprint density at radius 3 is 2.24 bits per heavy atom. The summed E-state index contributed by atoms with van der Waals surface area (Å²) in [6.07, 6.45) is 1.07. The number of hydrogen-bond donors (Lipinski definition) is 4. The van der Waals surface area contributed by atoms with Crippen LogP contribution in [0.15, 0.2) is 12.2 Å². The van der Waals surface area contributed by atoms with Crippen LogP contribution in [0.4, 0.5) is 0 Å². The molecule has 0 aromatic carbocycles. The molecule has 0 saturated heterocycles. The Morgan fingerprint density at radius 2 is 1.76 bits per heavy atom. The first kappa shape index (κ1) is 14.6. The van der Waals surface area contributed by atoms with E-state index in [1.165, 1.54) is 6.92 Å². The first-order valence-electron chi connectivity index (χ1n) is 6.04. The molecule has 1 saturated carbocycles. The van der Waals surface area contributed by atoms with E-state index in [-0.39, 0.29) is 11.3 Å². The maximum absolute atomic E-state index is 10.4. The summed E-state index contributed by atoms with van der Waals surface area (Å²) in [5.74, 6) is -0.317. The average molecular weight is 244 g/mol. The quantitative estimate of drug-likeness (QED) is 0.531. The Balaban J connectivity index is 3.04. The molecule has 0 heterocycles. The third-order valence-electron chi connectivity index (χ3n) is 3.75. The third-order valence-corrected chi connectivity index (χ3v) is 3.75. The summed E-state index contributed by atoms with van der Waals surface area (Å²) >= 11 is 0. The van der Waals surface area contributed by atoms with Gasteiger partial charge in [-0.1, -0.05) is 26.0 Å². The van der Waals surface area contributed by atoms with Crippen molar-refractivity contribution in [1.29, 1.82) is 0 Å². The molecule has 0 unspecified atom stereocenters. The molecule has 4 heteroatoms. The molecule has 17 heavy (non-hydrogen) atoms. The van der Waals surface area contributed by atoms with Crippen LogP contribution < -0.4 is 0 Å². The van der Waals surface area contributed by atoms with Crippen LogP contribution in [0.25, 0.3) is 0 Å². The fourth-order valence-electron chi connectivity index (χ4n) is 2.87. The van der Waals surface area contributed by atoms with Gasteiger partial charge >= 0.3 is 0 Å². The highest BCUT2D eigenvalue weighted by atomic mass is 16.4. The summed E-state index contributed by atoms with van der Waals surface area (Å²) in [4.78, 5) is 0. The van der Waals surface area contributed by atoms with Crippen molar-refractivity contribution in [3.8, 4) is 0 Å². The lowest BCUT2D eigenvalue weighted by Crippen LogP contribution is -2.60. The molecule has 0 radical (unpaired) electrons. The second-order valence-corrected chi connectivity index (χ2v) is 6.03. The van der Waals surface area contributed by atoms with Crippen molar-refractivity contribution >= 4 is 0 Å². The van der Waals surface area contributed by atoms with E-state index in [4.69, 9.17) is 0 Å². The SMILES string of the molecule is C[C@H](O)/C=C/[C@@H]1C(C)(C)C[C@@H](O)[C@@H](O)[C@]1(C)O. The minimum atomic E-state index is -1.40. The largest absolute Gasteiger partial charge is 0.390 e. The van der Waals surface area contributed by atoms with Crippen LogP contribution in [-0.2, 0) is 0 Å². The molecule has 1 aliphatic carbocycles. The second-order valence-electron chi connectivity index (χ2n) is 6.03. The zero-order valence-corrected chi connectivity index (χ0v) is 11.0. The molecule has 0 aromatic rings. The number of aliphatic hydroxyl groups excluding tert-OH is 3. The van der Waals surface area contributed by atoms with Gasteiger partial charge in [-0.05, 0) is 25.7 Å². The van der Waals surface area contributed by atoms with Gasteiger partial charge in [-0.25, -0.2) is 0 Å².